The lowest BCUT2D eigenvalue weighted by molar-refractivity contribution is -0.904. The van der Waals surface area contributed by atoms with Gasteiger partial charge in [0.05, 0.1) is 36.5 Å². The Morgan fingerprint density at radius 1 is 0.486 bits per heavy atom. The van der Waals surface area contributed by atoms with Crippen LogP contribution in [0.2, 0.25) is 0 Å². The fourth-order valence-electron chi connectivity index (χ4n) is 8.48. The van der Waals surface area contributed by atoms with Crippen LogP contribution in [0.5, 0.6) is 0 Å². The van der Waals surface area contributed by atoms with Gasteiger partial charge < -0.3 is 9.47 Å². The first-order chi connectivity index (χ1) is 34.1. The Bertz CT molecular complexity index is 3390. The van der Waals surface area contributed by atoms with Gasteiger partial charge in [0.15, 0.2) is 31.3 Å². The lowest BCUT2D eigenvalue weighted by Crippen LogP contribution is -2.55. The summed E-state index contributed by atoms with van der Waals surface area (Å²) in [5.41, 5.74) is 0.494. The molecule has 4 heterocycles. The van der Waals surface area contributed by atoms with E-state index >= 15 is 13.2 Å². The van der Waals surface area contributed by atoms with Gasteiger partial charge in [-0.25, -0.2) is 31.7 Å². The van der Waals surface area contributed by atoms with E-state index in [2.05, 4.69) is 0 Å². The molecule has 0 unspecified atom stereocenters. The molecule has 0 atom stereocenters. The second-order valence-corrected chi connectivity index (χ2v) is 16.7. The number of aromatic nitrogens is 4. The molecule has 0 bridgehead atoms. The fourth-order valence-corrected chi connectivity index (χ4v) is 8.48. The molecule has 8 nitrogen and oxygen atoms in total. The van der Waals surface area contributed by atoms with Gasteiger partial charge in [-0.15, -0.1) is 9.13 Å². The Morgan fingerprint density at radius 3 is 1.42 bits per heavy atom. The Morgan fingerprint density at radius 2 is 0.917 bits per heavy atom. The van der Waals surface area contributed by atoms with Gasteiger partial charge in [0, 0.05) is 53.1 Å². The Balaban J connectivity index is 1.38. The molecule has 366 valence electrons. The summed E-state index contributed by atoms with van der Waals surface area (Å²) < 4.78 is 162. The maximum atomic E-state index is 16.2. The van der Waals surface area contributed by atoms with Gasteiger partial charge in [0.25, 0.3) is 11.4 Å². The highest BCUT2D eigenvalue weighted by Crippen LogP contribution is 2.34. The molecule has 72 heavy (non-hydrogen) atoms. The van der Waals surface area contributed by atoms with Crippen LogP contribution in [0.25, 0.3) is 56.2 Å². The van der Waals surface area contributed by atoms with Crippen molar-refractivity contribution in [3.05, 3.63) is 203 Å². The average Bonchev–Trinajstić information content (AvgIpc) is 3.33. The second kappa shape index (κ2) is 19.8. The van der Waals surface area contributed by atoms with Crippen LogP contribution >= 0.6 is 0 Å². The summed E-state index contributed by atoms with van der Waals surface area (Å²) in [5, 5.41) is 0. The number of pyridine rings is 4. The summed E-state index contributed by atoms with van der Waals surface area (Å²) in [4.78, 5) is 24.6. The van der Waals surface area contributed by atoms with E-state index in [0.29, 0.717) is 34.4 Å². The molecule has 0 aliphatic carbocycles. The minimum Gasteiger partial charge on any atom is -0.465 e. The predicted molar refractivity (Wildman–Crippen MR) is 240 cm³/mol. The summed E-state index contributed by atoms with van der Waals surface area (Å²) in [6.45, 7) is 0.562. The third-order valence-electron chi connectivity index (χ3n) is 12.0. The smallest absolute Gasteiger partial charge is 0.422 e. The Kier molecular flexibility index (Phi) is 13.8. The van der Waals surface area contributed by atoms with Crippen molar-refractivity contribution in [1.82, 2.24) is 0 Å². The number of carbonyl (C=O) groups is 2. The minimum atomic E-state index is -4.87. The largest absolute Gasteiger partial charge is 0.465 e. The zero-order valence-electron chi connectivity index (χ0n) is 38.5. The van der Waals surface area contributed by atoms with Crippen LogP contribution in [-0.4, -0.2) is 26.2 Å². The molecule has 0 radical (unpaired) electrons. The van der Waals surface area contributed by atoms with E-state index in [9.17, 15) is 40.3 Å². The molecule has 8 aromatic rings. The first-order valence-electron chi connectivity index (χ1n) is 21.7. The third kappa shape index (κ3) is 10.4. The molecule has 8 rings (SSSR count). The molecule has 0 saturated carbocycles. The van der Waals surface area contributed by atoms with Crippen LogP contribution in [0, 0.1) is 30.2 Å². The molecule has 4 aromatic carbocycles. The van der Waals surface area contributed by atoms with Crippen molar-refractivity contribution < 1.29 is 81.2 Å². The third-order valence-corrected chi connectivity index (χ3v) is 12.0. The molecule has 4 aromatic heterocycles. The van der Waals surface area contributed by atoms with Crippen LogP contribution in [0.3, 0.4) is 0 Å². The monoisotopic (exact) mass is 998 g/mol. The van der Waals surface area contributed by atoms with Gasteiger partial charge in [-0.3, -0.25) is 0 Å². The predicted octanol–water partition coefficient (Wildman–Crippen LogP) is 10.7. The average molecular weight is 999 g/mol. The number of hydrogen-bond donors (Lipinski definition) is 0. The van der Waals surface area contributed by atoms with Crippen molar-refractivity contribution in [3.8, 4) is 56.2 Å². The van der Waals surface area contributed by atoms with Gasteiger partial charge >= 0.3 is 31.0 Å². The molecule has 18 heteroatoms. The Labute approximate surface area is 404 Å². The zero-order chi connectivity index (χ0) is 51.8. The number of methoxy groups -OCH3 is 2. The van der Waals surface area contributed by atoms with E-state index in [1.165, 1.54) is 52.5 Å². The highest BCUT2D eigenvalue weighted by atomic mass is 19.4. The minimum absolute atomic E-state index is 0.0297. The lowest BCUT2D eigenvalue weighted by Gasteiger charge is -2.13. The molecule has 0 amide bonds. The van der Waals surface area contributed by atoms with Crippen molar-refractivity contribution in [2.45, 2.75) is 32.5 Å². The number of rotatable bonds is 11. The van der Waals surface area contributed by atoms with Crippen LogP contribution in [-0.2, 0) is 42.1 Å². The molecule has 0 saturated heterocycles. The van der Waals surface area contributed by atoms with Crippen LogP contribution in [0.15, 0.2) is 146 Å². The molecule has 0 spiro atoms. The first kappa shape index (κ1) is 50.1. The number of benzene rings is 4. The highest BCUT2D eigenvalue weighted by molar-refractivity contribution is 5.90. The van der Waals surface area contributed by atoms with E-state index in [4.69, 9.17) is 9.47 Å². The fraction of sp³-hybridized carbons (Fsp3) is 0.148. The highest BCUT2D eigenvalue weighted by Gasteiger charge is 2.38. The van der Waals surface area contributed by atoms with Gasteiger partial charge in [-0.05, 0) is 84.3 Å². The molecule has 0 aliphatic heterocycles. The number of aryl methyl sites for hydroxylation is 2. The molecular weight excluding hydrogens is 959 g/mol. The molecule has 0 fully saturated rings. The number of nitrogens with zero attached hydrogens (tertiary/aromatic N) is 4. The first-order valence-corrected chi connectivity index (χ1v) is 21.7. The maximum Gasteiger partial charge on any atom is 0.422 e. The van der Waals surface area contributed by atoms with Crippen molar-refractivity contribution >= 4 is 11.9 Å². The topological polar surface area (TPSA) is 68.1 Å². The number of ether oxygens (including phenoxy) is 2. The van der Waals surface area contributed by atoms with Gasteiger partial charge in [-0.1, -0.05) is 24.3 Å². The second-order valence-electron chi connectivity index (χ2n) is 16.7. The van der Waals surface area contributed by atoms with E-state index < -0.39 is 65.4 Å². The molecule has 0 aliphatic rings. The number of alkyl halides is 6. The molecular formula is C54H40F10N4O4+4. The van der Waals surface area contributed by atoms with Crippen molar-refractivity contribution in [1.29, 1.82) is 0 Å². The number of carbonyl (C=O) groups excluding carboxylic acids is 2. The van der Waals surface area contributed by atoms with Crippen LogP contribution < -0.4 is 18.3 Å². The quantitative estimate of drug-likeness (QED) is 0.0736. The SMILES string of the molecule is COC(=O)c1ccc(-c2ccc(-c3ccc(-c4ccc(C(=O)OC)cc4)c[n+]3C[n+]3cc(C(F)(F)F)ccc3-c3c(C)cc(F)cc3F)[n+](Cc3cc(F)cc(F)c3-c3ccc(C(F)(F)F)c[n+]3C)c2)cc1. The zero-order valence-corrected chi connectivity index (χ0v) is 38.5. The van der Waals surface area contributed by atoms with Crippen LogP contribution in [0.4, 0.5) is 43.9 Å². The van der Waals surface area contributed by atoms with Crippen molar-refractivity contribution in [2.75, 3.05) is 14.2 Å². The Hall–Kier alpha value is -8.28. The van der Waals surface area contributed by atoms with Crippen molar-refractivity contribution in [3.63, 3.8) is 0 Å². The van der Waals surface area contributed by atoms with E-state index in [0.717, 1.165) is 57.9 Å². The van der Waals surface area contributed by atoms with Gasteiger partial charge in [0.1, 0.15) is 41.4 Å². The summed E-state index contributed by atoms with van der Waals surface area (Å²) in [6.07, 6.45) is -4.85. The van der Waals surface area contributed by atoms with E-state index in [-0.39, 0.29) is 62.7 Å². The summed E-state index contributed by atoms with van der Waals surface area (Å²) in [6, 6.07) is 26.1. The van der Waals surface area contributed by atoms with Crippen LogP contribution in [0.1, 0.15) is 43.0 Å². The number of esters is 2. The normalized spacial score (nSPS) is 11.7. The lowest BCUT2D eigenvalue weighted by atomic mass is 10.00. The van der Waals surface area contributed by atoms with E-state index in [1.807, 2.05) is 0 Å². The summed E-state index contributed by atoms with van der Waals surface area (Å²) in [5.74, 6) is -5.26. The van der Waals surface area contributed by atoms with Crippen molar-refractivity contribution in [2.24, 2.45) is 7.05 Å². The van der Waals surface area contributed by atoms with Gasteiger partial charge in [-0.2, -0.15) is 30.9 Å². The molecule has 0 N–H and O–H groups in total. The maximum absolute atomic E-state index is 16.2. The number of halogens is 10. The standard InChI is InChI=1S/C54H40F10N4O4/c1-31-21-41(55)23-43(57)49(31)48-20-16-40(54(62,63)64)29-68(48)30-67-26-37(33-7-11-35(12-8-33)52(70)72-4)14-18-46(67)45-17-13-36(32-5-9-34(10-6-32)51(69)71-3)25-66(45)27-38-22-42(56)24-44(58)50(38)47-19-15-39(28-65(47)2)53(59,60)61/h5-26,28-29H,27,30H2,1-4H3/q+4. The van der Waals surface area contributed by atoms with Gasteiger partial charge in [0.2, 0.25) is 11.4 Å². The van der Waals surface area contributed by atoms with E-state index in [1.54, 1.807) is 70.1 Å². The summed E-state index contributed by atoms with van der Waals surface area (Å²) in [7, 11) is 3.72. The number of hydrogen-bond acceptors (Lipinski definition) is 4. The summed E-state index contributed by atoms with van der Waals surface area (Å²) >= 11 is 0.